The lowest BCUT2D eigenvalue weighted by Crippen LogP contribution is -2.09. The zero-order chi connectivity index (χ0) is 17.6. The van der Waals surface area contributed by atoms with E-state index >= 15 is 0 Å². The largest absolute Gasteiger partial charge is 0.476 e. The lowest BCUT2D eigenvalue weighted by molar-refractivity contribution is 0.0679. The molecule has 1 heterocycles. The first-order valence-corrected chi connectivity index (χ1v) is 9.30. The number of aryl methyl sites for hydroxylation is 1. The number of halogens is 2. The molecule has 0 aliphatic heterocycles. The number of hydrogen-bond acceptors (Lipinski definition) is 1. The molecule has 0 atom stereocenters. The van der Waals surface area contributed by atoms with Gasteiger partial charge >= 0.3 is 5.97 Å². The third kappa shape index (κ3) is 8.46. The molecular formula is C19H31F2NO2. The van der Waals surface area contributed by atoms with Crippen LogP contribution in [-0.4, -0.2) is 22.3 Å². The van der Waals surface area contributed by atoms with Gasteiger partial charge in [-0.15, -0.1) is 0 Å². The van der Waals surface area contributed by atoms with Crippen molar-refractivity contribution < 1.29 is 18.7 Å². The standard InChI is InChI=1S/C19H31F2NO2/c20-14-11-9-7-5-3-1-2-4-6-8-10-12-15-22-16-13-17(21)18(22)19(23)24/h13,16H,1-12,14-15H2,(H,23,24). The van der Waals surface area contributed by atoms with E-state index in [9.17, 15) is 13.6 Å². The highest BCUT2D eigenvalue weighted by atomic mass is 19.1. The van der Waals surface area contributed by atoms with Gasteiger partial charge in [0.2, 0.25) is 0 Å². The Balaban J connectivity index is 1.93. The van der Waals surface area contributed by atoms with Crippen LogP contribution >= 0.6 is 0 Å². The molecule has 0 amide bonds. The molecule has 24 heavy (non-hydrogen) atoms. The molecule has 0 bridgehead atoms. The molecule has 0 fully saturated rings. The van der Waals surface area contributed by atoms with E-state index < -0.39 is 11.8 Å². The van der Waals surface area contributed by atoms with Crippen molar-refractivity contribution in [2.75, 3.05) is 6.67 Å². The summed E-state index contributed by atoms with van der Waals surface area (Å²) in [5.74, 6) is -1.87. The Morgan fingerprint density at radius 1 is 0.875 bits per heavy atom. The van der Waals surface area contributed by atoms with E-state index in [1.165, 1.54) is 55.4 Å². The topological polar surface area (TPSA) is 42.2 Å². The van der Waals surface area contributed by atoms with Gasteiger partial charge in [0.15, 0.2) is 11.5 Å². The van der Waals surface area contributed by atoms with E-state index in [0.717, 1.165) is 32.1 Å². The van der Waals surface area contributed by atoms with Gasteiger partial charge in [-0.05, 0) is 18.9 Å². The van der Waals surface area contributed by atoms with E-state index in [0.29, 0.717) is 13.0 Å². The third-order valence-electron chi connectivity index (χ3n) is 4.40. The van der Waals surface area contributed by atoms with Crippen LogP contribution in [-0.2, 0) is 6.54 Å². The van der Waals surface area contributed by atoms with Gasteiger partial charge < -0.3 is 9.67 Å². The molecule has 0 unspecified atom stereocenters. The normalized spacial score (nSPS) is 11.1. The van der Waals surface area contributed by atoms with E-state index in [1.807, 2.05) is 0 Å². The number of nitrogens with zero attached hydrogens (tertiary/aromatic N) is 1. The lowest BCUT2D eigenvalue weighted by atomic mass is 10.1. The minimum atomic E-state index is -1.21. The van der Waals surface area contributed by atoms with Crippen LogP contribution < -0.4 is 0 Å². The summed E-state index contributed by atoms with van der Waals surface area (Å²) in [4.78, 5) is 11.0. The Hall–Kier alpha value is -1.39. The summed E-state index contributed by atoms with van der Waals surface area (Å²) in [6.07, 6.45) is 14.9. The van der Waals surface area contributed by atoms with E-state index in [2.05, 4.69) is 0 Å². The van der Waals surface area contributed by atoms with E-state index in [4.69, 9.17) is 5.11 Å². The molecule has 3 nitrogen and oxygen atoms in total. The molecule has 1 aromatic heterocycles. The monoisotopic (exact) mass is 343 g/mol. The molecule has 0 saturated carbocycles. The van der Waals surface area contributed by atoms with Crippen LogP contribution in [0.2, 0.25) is 0 Å². The van der Waals surface area contributed by atoms with Crippen molar-refractivity contribution in [2.45, 2.75) is 83.6 Å². The molecule has 1 aromatic rings. The fraction of sp³-hybridized carbons (Fsp3) is 0.737. The van der Waals surface area contributed by atoms with Crippen molar-refractivity contribution in [1.29, 1.82) is 0 Å². The number of rotatable bonds is 15. The van der Waals surface area contributed by atoms with Gasteiger partial charge in [-0.2, -0.15) is 0 Å². The summed E-state index contributed by atoms with van der Waals surface area (Å²) in [5.41, 5.74) is -0.235. The minimum absolute atomic E-state index is 0.184. The predicted octanol–water partition coefficient (Wildman–Crippen LogP) is 5.98. The van der Waals surface area contributed by atoms with Crippen LogP contribution in [0.3, 0.4) is 0 Å². The Labute approximate surface area is 144 Å². The molecule has 0 aliphatic carbocycles. The Morgan fingerprint density at radius 2 is 1.33 bits per heavy atom. The molecular weight excluding hydrogens is 312 g/mol. The molecule has 0 aromatic carbocycles. The number of hydrogen-bond donors (Lipinski definition) is 1. The van der Waals surface area contributed by atoms with Crippen molar-refractivity contribution in [3.05, 3.63) is 23.8 Å². The molecule has 0 radical (unpaired) electrons. The molecule has 138 valence electrons. The maximum atomic E-state index is 13.3. The first-order chi connectivity index (χ1) is 11.7. The van der Waals surface area contributed by atoms with Crippen molar-refractivity contribution in [1.82, 2.24) is 4.57 Å². The van der Waals surface area contributed by atoms with Crippen LogP contribution in [0.5, 0.6) is 0 Å². The maximum absolute atomic E-state index is 13.3. The Kier molecular flexibility index (Phi) is 11.2. The maximum Gasteiger partial charge on any atom is 0.355 e. The van der Waals surface area contributed by atoms with Gasteiger partial charge in [0, 0.05) is 12.7 Å². The first-order valence-electron chi connectivity index (χ1n) is 9.30. The van der Waals surface area contributed by atoms with Crippen LogP contribution in [0.1, 0.15) is 87.5 Å². The molecule has 0 saturated heterocycles. The van der Waals surface area contributed by atoms with Crippen molar-refractivity contribution >= 4 is 5.97 Å². The number of unbranched alkanes of at least 4 members (excludes halogenated alkanes) is 11. The quantitative estimate of drug-likeness (QED) is 0.398. The summed E-state index contributed by atoms with van der Waals surface area (Å²) in [5, 5.41) is 8.96. The third-order valence-corrected chi connectivity index (χ3v) is 4.40. The number of carboxylic acids is 1. The summed E-state index contributed by atoms with van der Waals surface area (Å²) in [7, 11) is 0. The number of alkyl halides is 1. The van der Waals surface area contributed by atoms with Crippen LogP contribution in [0, 0.1) is 5.82 Å². The molecule has 0 spiro atoms. The lowest BCUT2D eigenvalue weighted by Gasteiger charge is -2.06. The number of aromatic nitrogens is 1. The summed E-state index contributed by atoms with van der Waals surface area (Å²) < 4.78 is 26.7. The highest BCUT2D eigenvalue weighted by molar-refractivity contribution is 5.86. The minimum Gasteiger partial charge on any atom is -0.476 e. The number of carbonyl (C=O) groups is 1. The van der Waals surface area contributed by atoms with Crippen molar-refractivity contribution in [2.24, 2.45) is 0 Å². The molecule has 1 N–H and O–H groups in total. The van der Waals surface area contributed by atoms with Crippen LogP contribution in [0.15, 0.2) is 12.3 Å². The fourth-order valence-corrected chi connectivity index (χ4v) is 3.00. The fourth-order valence-electron chi connectivity index (χ4n) is 3.00. The van der Waals surface area contributed by atoms with Crippen molar-refractivity contribution in [3.8, 4) is 0 Å². The summed E-state index contributed by atoms with van der Waals surface area (Å²) >= 11 is 0. The van der Waals surface area contributed by atoms with Crippen molar-refractivity contribution in [3.63, 3.8) is 0 Å². The average Bonchev–Trinajstić information content (AvgIpc) is 2.92. The second-order valence-corrected chi connectivity index (χ2v) is 6.44. The zero-order valence-corrected chi connectivity index (χ0v) is 14.6. The van der Waals surface area contributed by atoms with Crippen LogP contribution in [0.4, 0.5) is 8.78 Å². The first kappa shape index (κ1) is 20.7. The summed E-state index contributed by atoms with van der Waals surface area (Å²) in [6, 6.07) is 1.21. The van der Waals surface area contributed by atoms with E-state index in [-0.39, 0.29) is 12.4 Å². The second-order valence-electron chi connectivity index (χ2n) is 6.44. The van der Waals surface area contributed by atoms with Gasteiger partial charge in [0.05, 0.1) is 6.67 Å². The van der Waals surface area contributed by atoms with Gasteiger partial charge in [-0.3, -0.25) is 4.39 Å². The summed E-state index contributed by atoms with van der Waals surface area (Å²) in [6.45, 7) is 0.376. The SMILES string of the molecule is O=C(O)c1c(F)ccn1CCCCCCCCCCCCCCF. The molecule has 0 aliphatic rings. The smallest absolute Gasteiger partial charge is 0.355 e. The molecule has 5 heteroatoms. The number of aromatic carboxylic acids is 1. The number of carboxylic acid groups (broad SMARTS) is 1. The van der Waals surface area contributed by atoms with Gasteiger partial charge in [-0.1, -0.05) is 64.2 Å². The van der Waals surface area contributed by atoms with Crippen LogP contribution in [0.25, 0.3) is 0 Å². The van der Waals surface area contributed by atoms with Gasteiger partial charge in [0.25, 0.3) is 0 Å². The van der Waals surface area contributed by atoms with E-state index in [1.54, 1.807) is 0 Å². The van der Waals surface area contributed by atoms with Gasteiger partial charge in [0.1, 0.15) is 0 Å². The Morgan fingerprint density at radius 3 is 1.79 bits per heavy atom. The second kappa shape index (κ2) is 13.0. The Bertz CT molecular complexity index is 460. The average molecular weight is 343 g/mol. The predicted molar refractivity (Wildman–Crippen MR) is 92.7 cm³/mol. The molecule has 1 rings (SSSR count). The zero-order valence-electron chi connectivity index (χ0n) is 14.6. The van der Waals surface area contributed by atoms with Gasteiger partial charge in [-0.25, -0.2) is 9.18 Å². The highest BCUT2D eigenvalue weighted by Crippen LogP contribution is 2.14. The highest BCUT2D eigenvalue weighted by Gasteiger charge is 2.15.